The van der Waals surface area contributed by atoms with Gasteiger partial charge in [0, 0.05) is 0 Å². The normalized spacial score (nSPS) is 12.2. The summed E-state index contributed by atoms with van der Waals surface area (Å²) in [7, 11) is -4.13. The molecule has 0 aliphatic carbocycles. The first-order chi connectivity index (χ1) is 17.1. The van der Waals surface area contributed by atoms with Crippen LogP contribution in [-0.2, 0) is 29.5 Å². The van der Waals surface area contributed by atoms with Crippen LogP contribution in [-0.4, -0.2) is 8.42 Å². The SMILES string of the molecule is Cc1cc(C)cc(C)c1.[Cl-].[NH-][C@H](c1ccccc1)[C@H]([N-]S(=O)(=O)c1cccc(Cl)c1Cl)c1ccccc1.[Ru+3]. The van der Waals surface area contributed by atoms with Gasteiger partial charge in [0.1, 0.15) is 10.0 Å². The van der Waals surface area contributed by atoms with Crippen LogP contribution in [0.2, 0.25) is 10.0 Å². The summed E-state index contributed by atoms with van der Waals surface area (Å²) in [6.07, 6.45) is 0. The van der Waals surface area contributed by atoms with E-state index in [1.54, 1.807) is 48.5 Å². The Hall–Kier alpha value is -1.76. The van der Waals surface area contributed by atoms with Crippen molar-refractivity contribution < 1.29 is 40.3 Å². The third-order valence-corrected chi connectivity index (χ3v) is 7.76. The Bertz CT molecular complexity index is 1360. The number of aryl methyl sites for hydroxylation is 3. The molecule has 1 N–H and O–H groups in total. The average molecular weight is 676 g/mol. The molecule has 38 heavy (non-hydrogen) atoms. The van der Waals surface area contributed by atoms with Crippen LogP contribution in [0.15, 0.2) is 102 Å². The largest absolute Gasteiger partial charge is 3.00 e. The van der Waals surface area contributed by atoms with Gasteiger partial charge in [-0.2, -0.15) is 0 Å². The second kappa shape index (κ2) is 15.7. The molecule has 0 unspecified atom stereocenters. The molecule has 4 rings (SSSR count). The van der Waals surface area contributed by atoms with Crippen molar-refractivity contribution in [2.45, 2.75) is 37.8 Å². The topological polar surface area (TPSA) is 72.0 Å². The number of benzene rings is 4. The van der Waals surface area contributed by atoms with Gasteiger partial charge in [-0.1, -0.05) is 136 Å². The molecule has 0 heterocycles. The first-order valence-corrected chi connectivity index (χ1v) is 13.5. The second-order valence-corrected chi connectivity index (χ2v) is 10.9. The number of halogens is 3. The molecule has 0 amide bonds. The summed E-state index contributed by atoms with van der Waals surface area (Å²) in [4.78, 5) is -0.169. The van der Waals surface area contributed by atoms with E-state index in [1.807, 2.05) is 12.1 Å². The predicted octanol–water partition coefficient (Wildman–Crippen LogP) is 6.20. The molecule has 0 aliphatic rings. The van der Waals surface area contributed by atoms with Crippen LogP contribution < -0.4 is 12.4 Å². The van der Waals surface area contributed by atoms with Crippen LogP contribution in [0.1, 0.15) is 39.9 Å². The number of sulfonamides is 1. The van der Waals surface area contributed by atoms with Gasteiger partial charge in [-0.05, 0) is 32.9 Å². The van der Waals surface area contributed by atoms with Crippen molar-refractivity contribution in [2.75, 3.05) is 0 Å². The van der Waals surface area contributed by atoms with E-state index >= 15 is 0 Å². The fourth-order valence-corrected chi connectivity index (χ4v) is 5.79. The van der Waals surface area contributed by atoms with Crippen molar-refractivity contribution >= 4 is 33.2 Å². The standard InChI is InChI=1S/C20H16Cl2N2O2S.C9H12.ClH.Ru/c21-16-12-7-13-17(18(16)22)27(25,26)24-20(15-10-5-2-6-11-15)19(23)14-8-3-1-4-9-14;1-7-4-8(2)6-9(3)5-7;;/h1-13,19-20,23H;4-6H,1-3H3;1H;/q-2;;;+3/p-1/t19-,20-;;;/m1.../s1. The number of rotatable bonds is 6. The molecule has 0 spiro atoms. The van der Waals surface area contributed by atoms with E-state index in [0.717, 1.165) is 0 Å². The number of nitrogens with zero attached hydrogens (tertiary/aromatic N) is 1. The molecule has 0 saturated carbocycles. The number of hydrogen-bond donors (Lipinski definition) is 0. The van der Waals surface area contributed by atoms with Gasteiger partial charge in [-0.3, -0.25) is 0 Å². The summed E-state index contributed by atoms with van der Waals surface area (Å²) < 4.78 is 29.9. The molecule has 4 aromatic carbocycles. The Kier molecular flexibility index (Phi) is 14.2. The molecule has 0 aromatic heterocycles. The van der Waals surface area contributed by atoms with Gasteiger partial charge in [0.2, 0.25) is 0 Å². The van der Waals surface area contributed by atoms with Gasteiger partial charge < -0.3 is 22.9 Å². The monoisotopic (exact) mass is 675 g/mol. The maximum atomic E-state index is 12.9. The second-order valence-electron chi connectivity index (χ2n) is 8.54. The minimum Gasteiger partial charge on any atom is -1.00 e. The van der Waals surface area contributed by atoms with Gasteiger partial charge in [-0.25, -0.2) is 8.42 Å². The fourth-order valence-electron chi connectivity index (χ4n) is 3.90. The minimum atomic E-state index is -4.13. The number of nitrogens with one attached hydrogen (secondary N) is 1. The molecular formula is C29H28Cl3N2O2RuS. The van der Waals surface area contributed by atoms with E-state index in [0.29, 0.717) is 11.1 Å². The maximum absolute atomic E-state index is 12.9. The molecule has 0 bridgehead atoms. The Balaban J connectivity index is 0.000000560. The molecule has 4 nitrogen and oxygen atoms in total. The Morgan fingerprint density at radius 3 is 1.63 bits per heavy atom. The summed E-state index contributed by atoms with van der Waals surface area (Å²) in [5.74, 6) is 0. The zero-order valence-corrected chi connectivity index (χ0v) is 25.9. The fraction of sp³-hybridized carbons (Fsp3) is 0.172. The molecule has 2 atom stereocenters. The van der Waals surface area contributed by atoms with E-state index in [1.165, 1.54) is 34.9 Å². The maximum Gasteiger partial charge on any atom is 3.00 e. The third-order valence-electron chi connectivity index (χ3n) is 5.43. The van der Waals surface area contributed by atoms with Crippen molar-refractivity contribution in [3.05, 3.63) is 145 Å². The zero-order valence-electron chi connectivity index (χ0n) is 21.1. The smallest absolute Gasteiger partial charge is 1.00 e. The molecule has 4 aromatic rings. The third kappa shape index (κ3) is 9.46. The Labute approximate surface area is 255 Å². The average Bonchev–Trinajstić information content (AvgIpc) is 2.84. The van der Waals surface area contributed by atoms with Crippen LogP contribution in [0.5, 0.6) is 0 Å². The molecule has 1 radical (unpaired) electrons. The molecule has 9 heteroatoms. The Morgan fingerprint density at radius 1 is 0.711 bits per heavy atom. The van der Waals surface area contributed by atoms with E-state index < -0.39 is 22.1 Å². The molecule has 201 valence electrons. The predicted molar refractivity (Wildman–Crippen MR) is 150 cm³/mol. The van der Waals surface area contributed by atoms with E-state index in [9.17, 15) is 8.42 Å². The summed E-state index contributed by atoms with van der Waals surface area (Å²) in [6, 6.07) is 27.0. The van der Waals surface area contributed by atoms with E-state index in [4.69, 9.17) is 28.9 Å². The van der Waals surface area contributed by atoms with Gasteiger partial charge in [0.15, 0.2) is 0 Å². The summed E-state index contributed by atoms with van der Waals surface area (Å²) in [5, 5.41) is 0.0608. The van der Waals surface area contributed by atoms with Crippen molar-refractivity contribution in [1.29, 1.82) is 0 Å². The molecular weight excluding hydrogens is 648 g/mol. The molecule has 0 fully saturated rings. The van der Waals surface area contributed by atoms with Crippen LogP contribution in [0.3, 0.4) is 0 Å². The van der Waals surface area contributed by atoms with Crippen molar-refractivity contribution in [2.24, 2.45) is 0 Å². The number of hydrogen-bond acceptors (Lipinski definition) is 2. The quantitative estimate of drug-likeness (QED) is 0.228. The zero-order chi connectivity index (χ0) is 26.3. The van der Waals surface area contributed by atoms with Crippen molar-refractivity contribution in [3.8, 4) is 0 Å². The van der Waals surface area contributed by atoms with Gasteiger partial charge in [-0.15, -0.1) is 12.1 Å². The van der Waals surface area contributed by atoms with E-state index in [-0.39, 0.29) is 46.8 Å². The Morgan fingerprint density at radius 2 is 1.16 bits per heavy atom. The van der Waals surface area contributed by atoms with Crippen LogP contribution in [0, 0.1) is 20.8 Å². The molecule has 0 saturated heterocycles. The van der Waals surface area contributed by atoms with E-state index in [2.05, 4.69) is 43.7 Å². The summed E-state index contributed by atoms with van der Waals surface area (Å²) >= 11 is 12.0. The summed E-state index contributed by atoms with van der Waals surface area (Å²) in [6.45, 7) is 6.38. The van der Waals surface area contributed by atoms with Gasteiger partial charge in [0.25, 0.3) is 0 Å². The van der Waals surface area contributed by atoms with Gasteiger partial charge in [0.05, 0.1) is 14.9 Å². The van der Waals surface area contributed by atoms with Crippen LogP contribution in [0.4, 0.5) is 0 Å². The van der Waals surface area contributed by atoms with Gasteiger partial charge >= 0.3 is 19.5 Å². The summed E-state index contributed by atoms with van der Waals surface area (Å²) in [5.41, 5.74) is 14.0. The van der Waals surface area contributed by atoms with Crippen LogP contribution in [0.25, 0.3) is 10.5 Å². The first-order valence-electron chi connectivity index (χ1n) is 11.4. The van der Waals surface area contributed by atoms with Crippen molar-refractivity contribution in [3.63, 3.8) is 0 Å². The first kappa shape index (κ1) is 34.3. The molecule has 0 aliphatic heterocycles. The van der Waals surface area contributed by atoms with Crippen LogP contribution >= 0.6 is 23.2 Å². The minimum absolute atomic E-state index is 0. The van der Waals surface area contributed by atoms with Crippen molar-refractivity contribution in [1.82, 2.24) is 0 Å².